The topological polar surface area (TPSA) is 62.4 Å². The molecule has 1 aliphatic heterocycles. The maximum absolute atomic E-state index is 12.0. The number of methoxy groups -OCH3 is 1. The van der Waals surface area contributed by atoms with Crippen LogP contribution in [0.5, 0.6) is 5.75 Å². The maximum atomic E-state index is 12.0. The molecule has 0 spiro atoms. The minimum absolute atomic E-state index is 0.235. The van der Waals surface area contributed by atoms with Crippen LogP contribution >= 0.6 is 0 Å². The Morgan fingerprint density at radius 3 is 2.54 bits per heavy atom. The Labute approximate surface area is 140 Å². The fraction of sp³-hybridized carbons (Fsp3) is 0.222. The first-order chi connectivity index (χ1) is 11.6. The van der Waals surface area contributed by atoms with Gasteiger partial charge in [-0.3, -0.25) is 4.31 Å². The molecule has 4 rings (SSSR count). The number of fused-ring (bicyclic) bond motifs is 1. The summed E-state index contributed by atoms with van der Waals surface area (Å²) in [4.78, 5) is 3.38. The lowest BCUT2D eigenvalue weighted by Crippen LogP contribution is -2.24. The third-order valence-electron chi connectivity index (χ3n) is 4.40. The van der Waals surface area contributed by atoms with Gasteiger partial charge < -0.3 is 9.72 Å². The Morgan fingerprint density at radius 2 is 1.88 bits per heavy atom. The minimum Gasteiger partial charge on any atom is -0.497 e. The SMILES string of the molecule is COc1ccc2cc(-c3ccc(N4CCCS4(=O)=O)cc3)[nH]c2c1. The van der Waals surface area contributed by atoms with Crippen molar-refractivity contribution in [3.8, 4) is 17.0 Å². The summed E-state index contributed by atoms with van der Waals surface area (Å²) in [5.41, 5.74) is 3.75. The number of nitrogens with one attached hydrogen (secondary N) is 1. The van der Waals surface area contributed by atoms with Gasteiger partial charge in [-0.1, -0.05) is 12.1 Å². The van der Waals surface area contributed by atoms with Crippen LogP contribution in [0.2, 0.25) is 0 Å². The highest BCUT2D eigenvalue weighted by atomic mass is 32.2. The van der Waals surface area contributed by atoms with Crippen LogP contribution in [0.3, 0.4) is 0 Å². The van der Waals surface area contributed by atoms with Gasteiger partial charge in [0.25, 0.3) is 0 Å². The van der Waals surface area contributed by atoms with Gasteiger partial charge in [0.05, 0.1) is 18.6 Å². The average molecular weight is 342 g/mol. The van der Waals surface area contributed by atoms with Crippen LogP contribution in [0.4, 0.5) is 5.69 Å². The van der Waals surface area contributed by atoms with Crippen molar-refractivity contribution in [2.45, 2.75) is 6.42 Å². The lowest BCUT2D eigenvalue weighted by molar-refractivity contribution is 0.415. The van der Waals surface area contributed by atoms with E-state index in [2.05, 4.69) is 11.1 Å². The molecule has 2 aromatic carbocycles. The highest BCUT2D eigenvalue weighted by molar-refractivity contribution is 7.93. The molecule has 1 fully saturated rings. The van der Waals surface area contributed by atoms with E-state index in [0.717, 1.165) is 33.6 Å². The molecule has 0 bridgehead atoms. The zero-order chi connectivity index (χ0) is 16.7. The first-order valence-electron chi connectivity index (χ1n) is 7.84. The van der Waals surface area contributed by atoms with Crippen LogP contribution in [0, 0.1) is 0 Å². The molecule has 1 aliphatic rings. The van der Waals surface area contributed by atoms with Crippen molar-refractivity contribution in [1.29, 1.82) is 0 Å². The highest BCUT2D eigenvalue weighted by Gasteiger charge is 2.28. The molecule has 1 saturated heterocycles. The van der Waals surface area contributed by atoms with Gasteiger partial charge in [-0.25, -0.2) is 8.42 Å². The Balaban J connectivity index is 1.67. The molecular formula is C18H18N2O3S. The predicted molar refractivity (Wildman–Crippen MR) is 96.0 cm³/mol. The quantitative estimate of drug-likeness (QED) is 0.794. The molecule has 0 radical (unpaired) electrons. The molecule has 1 N–H and O–H groups in total. The van der Waals surface area contributed by atoms with Crippen LogP contribution in [-0.2, 0) is 10.0 Å². The molecule has 124 valence electrons. The Morgan fingerprint density at radius 1 is 1.08 bits per heavy atom. The van der Waals surface area contributed by atoms with E-state index in [1.807, 2.05) is 42.5 Å². The molecule has 1 aromatic heterocycles. The van der Waals surface area contributed by atoms with Crippen molar-refractivity contribution in [3.63, 3.8) is 0 Å². The Hall–Kier alpha value is -2.47. The fourth-order valence-corrected chi connectivity index (χ4v) is 4.69. The van der Waals surface area contributed by atoms with Crippen molar-refractivity contribution in [2.75, 3.05) is 23.7 Å². The van der Waals surface area contributed by atoms with Gasteiger partial charge in [-0.15, -0.1) is 0 Å². The zero-order valence-corrected chi connectivity index (χ0v) is 14.1. The van der Waals surface area contributed by atoms with Gasteiger partial charge in [-0.05, 0) is 42.3 Å². The first-order valence-corrected chi connectivity index (χ1v) is 9.45. The summed E-state index contributed by atoms with van der Waals surface area (Å²) in [5, 5.41) is 1.11. The summed E-state index contributed by atoms with van der Waals surface area (Å²) in [5.74, 6) is 1.05. The maximum Gasteiger partial charge on any atom is 0.235 e. The predicted octanol–water partition coefficient (Wildman–Crippen LogP) is 3.38. The summed E-state index contributed by atoms with van der Waals surface area (Å²) in [6, 6.07) is 15.6. The lowest BCUT2D eigenvalue weighted by Gasteiger charge is -2.16. The number of aromatic nitrogens is 1. The zero-order valence-electron chi connectivity index (χ0n) is 13.3. The first kappa shape index (κ1) is 15.1. The van der Waals surface area contributed by atoms with E-state index < -0.39 is 10.0 Å². The molecule has 0 saturated carbocycles. The van der Waals surface area contributed by atoms with Crippen molar-refractivity contribution in [1.82, 2.24) is 4.98 Å². The van der Waals surface area contributed by atoms with Crippen molar-refractivity contribution >= 4 is 26.6 Å². The summed E-state index contributed by atoms with van der Waals surface area (Å²) < 4.78 is 30.7. The Bertz CT molecular complexity index is 991. The van der Waals surface area contributed by atoms with Gasteiger partial charge in [0, 0.05) is 29.2 Å². The number of hydrogen-bond donors (Lipinski definition) is 1. The number of H-pyrrole nitrogens is 1. The second-order valence-corrected chi connectivity index (χ2v) is 7.94. The second-order valence-electron chi connectivity index (χ2n) is 5.92. The standard InChI is InChI=1S/C18H18N2O3S/c1-23-16-8-5-14-11-17(19-18(14)12-16)13-3-6-15(7-4-13)20-9-2-10-24(20,21)22/h3-8,11-12,19H,2,9-10H2,1H3. The van der Waals surface area contributed by atoms with E-state index in [-0.39, 0.29) is 5.75 Å². The van der Waals surface area contributed by atoms with Crippen molar-refractivity contribution in [2.24, 2.45) is 0 Å². The van der Waals surface area contributed by atoms with Gasteiger partial charge >= 0.3 is 0 Å². The number of ether oxygens (including phenoxy) is 1. The highest BCUT2D eigenvalue weighted by Crippen LogP contribution is 2.30. The molecule has 0 aliphatic carbocycles. The second kappa shape index (κ2) is 5.56. The normalized spacial score (nSPS) is 16.6. The third kappa shape index (κ3) is 2.53. The molecule has 0 atom stereocenters. The van der Waals surface area contributed by atoms with E-state index >= 15 is 0 Å². The number of rotatable bonds is 3. The summed E-state index contributed by atoms with van der Waals surface area (Å²) >= 11 is 0. The van der Waals surface area contributed by atoms with E-state index in [1.54, 1.807) is 7.11 Å². The summed E-state index contributed by atoms with van der Waals surface area (Å²) in [6.07, 6.45) is 0.688. The van der Waals surface area contributed by atoms with Crippen LogP contribution in [0.25, 0.3) is 22.2 Å². The fourth-order valence-electron chi connectivity index (χ4n) is 3.13. The number of anilines is 1. The minimum atomic E-state index is -3.13. The van der Waals surface area contributed by atoms with E-state index in [4.69, 9.17) is 4.74 Å². The number of hydrogen-bond acceptors (Lipinski definition) is 3. The molecule has 3 aromatic rings. The van der Waals surface area contributed by atoms with Crippen molar-refractivity contribution in [3.05, 3.63) is 48.5 Å². The smallest absolute Gasteiger partial charge is 0.235 e. The molecule has 0 unspecified atom stereocenters. The molecule has 24 heavy (non-hydrogen) atoms. The van der Waals surface area contributed by atoms with E-state index in [9.17, 15) is 8.42 Å². The van der Waals surface area contributed by atoms with Gasteiger partial charge in [-0.2, -0.15) is 0 Å². The lowest BCUT2D eigenvalue weighted by atomic mass is 10.1. The molecule has 5 nitrogen and oxygen atoms in total. The average Bonchev–Trinajstić information content (AvgIpc) is 3.16. The molecule has 6 heteroatoms. The third-order valence-corrected chi connectivity index (χ3v) is 6.26. The van der Waals surface area contributed by atoms with Crippen LogP contribution < -0.4 is 9.04 Å². The molecular weight excluding hydrogens is 324 g/mol. The number of aromatic amines is 1. The van der Waals surface area contributed by atoms with Crippen molar-refractivity contribution < 1.29 is 13.2 Å². The monoisotopic (exact) mass is 342 g/mol. The number of nitrogens with zero attached hydrogens (tertiary/aromatic N) is 1. The largest absolute Gasteiger partial charge is 0.497 e. The Kier molecular flexibility index (Phi) is 3.49. The number of benzene rings is 2. The van der Waals surface area contributed by atoms with Crippen LogP contribution in [0.15, 0.2) is 48.5 Å². The van der Waals surface area contributed by atoms with Gasteiger partial charge in [0.1, 0.15) is 5.75 Å². The van der Waals surface area contributed by atoms with Crippen LogP contribution in [-0.4, -0.2) is 32.8 Å². The van der Waals surface area contributed by atoms with Gasteiger partial charge in [0.15, 0.2) is 0 Å². The molecule has 2 heterocycles. The van der Waals surface area contributed by atoms with Crippen LogP contribution in [0.1, 0.15) is 6.42 Å². The molecule has 0 amide bonds. The summed E-state index contributed by atoms with van der Waals surface area (Å²) in [7, 11) is -1.49. The number of sulfonamides is 1. The van der Waals surface area contributed by atoms with Gasteiger partial charge in [0.2, 0.25) is 10.0 Å². The van der Waals surface area contributed by atoms with E-state index in [0.29, 0.717) is 13.0 Å². The summed E-state index contributed by atoms with van der Waals surface area (Å²) in [6.45, 7) is 0.563. The van der Waals surface area contributed by atoms with E-state index in [1.165, 1.54) is 4.31 Å².